The van der Waals surface area contributed by atoms with Crippen molar-refractivity contribution in [1.82, 2.24) is 10.2 Å². The quantitative estimate of drug-likeness (QED) is 0.286. The zero-order valence-electron chi connectivity index (χ0n) is 22.3. The Balaban J connectivity index is 1.65. The van der Waals surface area contributed by atoms with Crippen molar-refractivity contribution in [3.63, 3.8) is 0 Å². The Morgan fingerprint density at radius 3 is 2.20 bits per heavy atom. The van der Waals surface area contributed by atoms with Crippen molar-refractivity contribution in [1.29, 1.82) is 0 Å². The summed E-state index contributed by atoms with van der Waals surface area (Å²) in [5.41, 5.74) is 1.16. The molecule has 1 atom stereocenters. The van der Waals surface area contributed by atoms with E-state index >= 15 is 0 Å². The molecule has 212 valence electrons. The smallest absolute Gasteiger partial charge is 0.264 e. The lowest BCUT2D eigenvalue weighted by atomic mass is 9.95. The van der Waals surface area contributed by atoms with Crippen LogP contribution in [0.1, 0.15) is 44.6 Å². The maximum absolute atomic E-state index is 14.0. The molecular weight excluding hydrogens is 614 g/mol. The summed E-state index contributed by atoms with van der Waals surface area (Å²) in [4.78, 5) is 28.8. The molecule has 1 fully saturated rings. The van der Waals surface area contributed by atoms with Gasteiger partial charge in [-0.25, -0.2) is 8.42 Å². The molecule has 0 heterocycles. The van der Waals surface area contributed by atoms with E-state index in [0.29, 0.717) is 10.7 Å². The Morgan fingerprint density at radius 1 is 0.950 bits per heavy atom. The Bertz CT molecular complexity index is 1400. The molecule has 3 aromatic carbocycles. The van der Waals surface area contributed by atoms with Gasteiger partial charge in [0, 0.05) is 22.1 Å². The Morgan fingerprint density at radius 2 is 1.57 bits per heavy atom. The van der Waals surface area contributed by atoms with Crippen LogP contribution in [-0.2, 0) is 26.2 Å². The molecule has 0 radical (unpaired) electrons. The number of rotatable bonds is 10. The predicted octanol–water partition coefficient (Wildman–Crippen LogP) is 6.16. The largest absolute Gasteiger partial charge is 0.352 e. The van der Waals surface area contributed by atoms with Gasteiger partial charge in [-0.05, 0) is 73.9 Å². The molecule has 0 unspecified atom stereocenters. The molecule has 1 N–H and O–H groups in total. The zero-order chi connectivity index (χ0) is 28.7. The number of hydrogen-bond acceptors (Lipinski definition) is 4. The number of nitrogens with one attached hydrogen (secondary N) is 1. The summed E-state index contributed by atoms with van der Waals surface area (Å²) in [6.07, 6.45) is 5.12. The summed E-state index contributed by atoms with van der Waals surface area (Å²) in [6.45, 7) is 1.36. The summed E-state index contributed by atoms with van der Waals surface area (Å²) in [5, 5.41) is 3.51. The van der Waals surface area contributed by atoms with Gasteiger partial charge in [0.05, 0.1) is 10.6 Å². The number of hydrogen-bond donors (Lipinski definition) is 1. The highest BCUT2D eigenvalue weighted by atomic mass is 79.9. The fourth-order valence-electron chi connectivity index (χ4n) is 4.79. The van der Waals surface area contributed by atoms with E-state index in [1.807, 2.05) is 24.3 Å². The lowest BCUT2D eigenvalue weighted by Gasteiger charge is -2.33. The molecule has 3 aromatic rings. The fourth-order valence-corrected chi connectivity index (χ4v) is 6.60. The lowest BCUT2D eigenvalue weighted by Crippen LogP contribution is -2.53. The summed E-state index contributed by atoms with van der Waals surface area (Å²) in [5.74, 6) is -0.736. The molecule has 10 heteroatoms. The van der Waals surface area contributed by atoms with E-state index in [9.17, 15) is 18.0 Å². The molecule has 40 heavy (non-hydrogen) atoms. The highest BCUT2D eigenvalue weighted by Crippen LogP contribution is 2.26. The maximum Gasteiger partial charge on any atom is 0.264 e. The van der Waals surface area contributed by atoms with Crippen molar-refractivity contribution in [3.05, 3.63) is 93.9 Å². The Labute approximate surface area is 249 Å². The van der Waals surface area contributed by atoms with E-state index in [-0.39, 0.29) is 23.4 Å². The van der Waals surface area contributed by atoms with Crippen LogP contribution >= 0.6 is 27.5 Å². The third-order valence-corrected chi connectivity index (χ3v) is 9.68. The van der Waals surface area contributed by atoms with Gasteiger partial charge >= 0.3 is 0 Å². The maximum atomic E-state index is 14.0. The second-order valence-corrected chi connectivity index (χ2v) is 13.2. The topological polar surface area (TPSA) is 86.8 Å². The SMILES string of the molecule is C[C@H](C(=O)NC1CCCCC1)N(Cc1ccc(Br)cc1)C(=O)CN(c1ccccc1)S(=O)(=O)c1ccc(Cl)cc1. The van der Waals surface area contributed by atoms with Gasteiger partial charge in [-0.2, -0.15) is 0 Å². The highest BCUT2D eigenvalue weighted by molar-refractivity contribution is 9.10. The van der Waals surface area contributed by atoms with Crippen molar-refractivity contribution in [2.75, 3.05) is 10.8 Å². The van der Waals surface area contributed by atoms with Crippen LogP contribution in [0.4, 0.5) is 5.69 Å². The van der Waals surface area contributed by atoms with Gasteiger partial charge < -0.3 is 10.2 Å². The molecule has 1 aliphatic carbocycles. The number of sulfonamides is 1. The number of nitrogens with zero attached hydrogens (tertiary/aromatic N) is 2. The van der Waals surface area contributed by atoms with Crippen molar-refractivity contribution in [2.24, 2.45) is 0 Å². The van der Waals surface area contributed by atoms with E-state index < -0.39 is 28.5 Å². The minimum Gasteiger partial charge on any atom is -0.352 e. The monoisotopic (exact) mass is 645 g/mol. The van der Waals surface area contributed by atoms with Gasteiger partial charge in [0.25, 0.3) is 10.0 Å². The highest BCUT2D eigenvalue weighted by Gasteiger charge is 2.33. The first-order valence-corrected chi connectivity index (χ1v) is 15.9. The van der Waals surface area contributed by atoms with Crippen LogP contribution in [0.2, 0.25) is 5.02 Å². The number of carbonyl (C=O) groups is 2. The Kier molecular flexibility index (Phi) is 10.3. The van der Waals surface area contributed by atoms with Crippen LogP contribution < -0.4 is 9.62 Å². The van der Waals surface area contributed by atoms with E-state index in [1.165, 1.54) is 29.2 Å². The summed E-state index contributed by atoms with van der Waals surface area (Å²) in [7, 11) is -4.13. The average Bonchev–Trinajstić information content (AvgIpc) is 2.96. The van der Waals surface area contributed by atoms with Gasteiger partial charge in [0.2, 0.25) is 11.8 Å². The molecule has 2 amide bonds. The van der Waals surface area contributed by atoms with Gasteiger partial charge in [-0.1, -0.05) is 77.1 Å². The van der Waals surface area contributed by atoms with Crippen molar-refractivity contribution in [3.8, 4) is 0 Å². The van der Waals surface area contributed by atoms with Crippen LogP contribution in [0.3, 0.4) is 0 Å². The molecule has 0 aromatic heterocycles. The normalized spacial score (nSPS) is 14.8. The van der Waals surface area contributed by atoms with E-state index in [4.69, 9.17) is 11.6 Å². The third kappa shape index (κ3) is 7.65. The standard InChI is InChI=1S/C30H33BrClN3O4S/c1-22(30(37)33-26-8-4-2-5-9-26)34(20-23-12-14-24(31)15-13-23)29(36)21-35(27-10-6-3-7-11-27)40(38,39)28-18-16-25(32)17-19-28/h3,6-7,10-19,22,26H,2,4-5,8-9,20-21H2,1H3,(H,33,37)/t22-/m1/s1. The number of carbonyl (C=O) groups excluding carboxylic acids is 2. The summed E-state index contributed by atoms with van der Waals surface area (Å²) >= 11 is 9.42. The fraction of sp³-hybridized carbons (Fsp3) is 0.333. The number of halogens is 2. The number of benzene rings is 3. The molecule has 4 rings (SSSR count). The van der Waals surface area contributed by atoms with Crippen molar-refractivity contribution in [2.45, 2.75) is 62.6 Å². The van der Waals surface area contributed by atoms with E-state index in [1.54, 1.807) is 37.3 Å². The second-order valence-electron chi connectivity index (χ2n) is 9.97. The van der Waals surface area contributed by atoms with Crippen LogP contribution in [-0.4, -0.2) is 43.8 Å². The third-order valence-electron chi connectivity index (χ3n) is 7.11. The second kappa shape index (κ2) is 13.7. The van der Waals surface area contributed by atoms with Crippen LogP contribution in [0.25, 0.3) is 0 Å². The zero-order valence-corrected chi connectivity index (χ0v) is 25.5. The van der Waals surface area contributed by atoms with Crippen LogP contribution in [0, 0.1) is 0 Å². The van der Waals surface area contributed by atoms with Crippen LogP contribution in [0.5, 0.6) is 0 Å². The first-order chi connectivity index (χ1) is 19.1. The number of anilines is 1. The molecule has 7 nitrogen and oxygen atoms in total. The van der Waals surface area contributed by atoms with Gasteiger partial charge in [-0.3, -0.25) is 13.9 Å². The number of para-hydroxylation sites is 1. The molecule has 0 saturated heterocycles. The molecule has 0 aliphatic heterocycles. The van der Waals surface area contributed by atoms with Gasteiger partial charge in [0.15, 0.2) is 0 Å². The van der Waals surface area contributed by atoms with Crippen molar-refractivity contribution < 1.29 is 18.0 Å². The van der Waals surface area contributed by atoms with Gasteiger partial charge in [0.1, 0.15) is 12.6 Å². The molecule has 1 saturated carbocycles. The van der Waals surface area contributed by atoms with Gasteiger partial charge in [-0.15, -0.1) is 0 Å². The van der Waals surface area contributed by atoms with Crippen LogP contribution in [0.15, 0.2) is 88.2 Å². The lowest BCUT2D eigenvalue weighted by molar-refractivity contribution is -0.139. The van der Waals surface area contributed by atoms with E-state index in [0.717, 1.165) is 46.4 Å². The molecule has 0 spiro atoms. The first-order valence-electron chi connectivity index (χ1n) is 13.3. The Hall–Kier alpha value is -2.88. The van der Waals surface area contributed by atoms with E-state index in [2.05, 4.69) is 21.2 Å². The summed E-state index contributed by atoms with van der Waals surface area (Å²) < 4.78 is 29.6. The van der Waals surface area contributed by atoms with Crippen molar-refractivity contribution >= 4 is 55.1 Å². The molecule has 0 bridgehead atoms. The molecule has 1 aliphatic rings. The minimum absolute atomic E-state index is 0.0103. The minimum atomic E-state index is -4.13. The molecular formula is C30H33BrClN3O4S. The average molecular weight is 647 g/mol. The first kappa shape index (κ1) is 30.1. The predicted molar refractivity (Wildman–Crippen MR) is 162 cm³/mol. The number of amides is 2. The summed E-state index contributed by atoms with van der Waals surface area (Å²) in [6, 6.07) is 21.0.